The number of hydrogen-bond donors (Lipinski definition) is 1. The summed E-state index contributed by atoms with van der Waals surface area (Å²) in [7, 11) is 2.16. The number of nitrogens with one attached hydrogen (secondary N) is 1. The molecule has 1 unspecified atom stereocenters. The van der Waals surface area contributed by atoms with E-state index in [1.807, 2.05) is 18.2 Å². The molecule has 1 aliphatic heterocycles. The van der Waals surface area contributed by atoms with E-state index in [-0.39, 0.29) is 6.04 Å². The Hall–Kier alpha value is -0.610. The smallest absolute Gasteiger partial charge is 0.0454 e. The molecule has 17 heavy (non-hydrogen) atoms. The first kappa shape index (κ1) is 12.8. The molecule has 1 N–H and O–H groups in total. The van der Waals surface area contributed by atoms with Crippen LogP contribution in [0.3, 0.4) is 0 Å². The van der Waals surface area contributed by atoms with Gasteiger partial charge in [-0.3, -0.25) is 0 Å². The summed E-state index contributed by atoms with van der Waals surface area (Å²) < 4.78 is 0. The van der Waals surface area contributed by atoms with E-state index in [9.17, 15) is 0 Å². The maximum absolute atomic E-state index is 6.19. The number of benzene rings is 1. The number of hydrazine groups is 1. The first-order chi connectivity index (χ1) is 8.16. The van der Waals surface area contributed by atoms with Gasteiger partial charge in [-0.15, -0.1) is 0 Å². The summed E-state index contributed by atoms with van der Waals surface area (Å²) in [6, 6.07) is 8.28. The molecule has 2 rings (SSSR count). The number of likely N-dealkylation sites (N-methyl/N-ethyl adjacent to an activating group) is 1. The van der Waals surface area contributed by atoms with Crippen LogP contribution in [0.15, 0.2) is 24.3 Å². The lowest BCUT2D eigenvalue weighted by molar-refractivity contribution is 0.0899. The molecule has 1 atom stereocenters. The Morgan fingerprint density at radius 1 is 1.18 bits per heavy atom. The minimum atomic E-state index is 0.257. The van der Waals surface area contributed by atoms with Crippen LogP contribution in [-0.4, -0.2) is 43.1 Å². The van der Waals surface area contributed by atoms with E-state index in [0.717, 1.165) is 36.8 Å². The lowest BCUT2D eigenvalue weighted by Gasteiger charge is -2.34. The fraction of sp³-hybridized carbons (Fsp3) is 0.538. The van der Waals surface area contributed by atoms with Crippen molar-refractivity contribution in [3.63, 3.8) is 0 Å². The highest BCUT2D eigenvalue weighted by Gasteiger charge is 2.17. The van der Waals surface area contributed by atoms with Gasteiger partial charge in [-0.1, -0.05) is 29.8 Å². The second-order valence-corrected chi connectivity index (χ2v) is 5.07. The number of nitrogens with zero attached hydrogens (tertiary/aromatic N) is 2. The Bertz CT molecular complexity index is 361. The SMILES string of the molecule is CC(NN1CCN(C)CC1)c1ccccc1Cl. The average molecular weight is 254 g/mol. The Balaban J connectivity index is 1.93. The lowest BCUT2D eigenvalue weighted by atomic mass is 10.1. The van der Waals surface area contributed by atoms with Crippen molar-refractivity contribution in [1.82, 2.24) is 15.3 Å². The summed E-state index contributed by atoms with van der Waals surface area (Å²) in [6.45, 7) is 6.50. The van der Waals surface area contributed by atoms with E-state index in [0.29, 0.717) is 0 Å². The third-order valence-corrected chi connectivity index (χ3v) is 3.60. The summed E-state index contributed by atoms with van der Waals surface area (Å²) in [5.74, 6) is 0. The van der Waals surface area contributed by atoms with Crippen LogP contribution in [-0.2, 0) is 0 Å². The second kappa shape index (κ2) is 5.83. The van der Waals surface area contributed by atoms with Crippen molar-refractivity contribution in [2.45, 2.75) is 13.0 Å². The number of rotatable bonds is 3. The van der Waals surface area contributed by atoms with Crippen LogP contribution in [0, 0.1) is 0 Å². The molecule has 1 aromatic rings. The molecule has 1 aromatic carbocycles. The summed E-state index contributed by atoms with van der Waals surface area (Å²) >= 11 is 6.19. The molecule has 0 aromatic heterocycles. The zero-order valence-corrected chi connectivity index (χ0v) is 11.2. The topological polar surface area (TPSA) is 18.5 Å². The van der Waals surface area contributed by atoms with Crippen molar-refractivity contribution in [3.8, 4) is 0 Å². The third-order valence-electron chi connectivity index (χ3n) is 3.25. The molecule has 0 amide bonds. The zero-order valence-electron chi connectivity index (χ0n) is 10.5. The van der Waals surface area contributed by atoms with Gasteiger partial charge in [0, 0.05) is 37.2 Å². The van der Waals surface area contributed by atoms with E-state index < -0.39 is 0 Å². The van der Waals surface area contributed by atoms with E-state index in [1.165, 1.54) is 0 Å². The first-order valence-electron chi connectivity index (χ1n) is 6.11. The van der Waals surface area contributed by atoms with Gasteiger partial charge in [0.15, 0.2) is 0 Å². The highest BCUT2D eigenvalue weighted by Crippen LogP contribution is 2.22. The highest BCUT2D eigenvalue weighted by molar-refractivity contribution is 6.31. The first-order valence-corrected chi connectivity index (χ1v) is 6.48. The molecule has 1 fully saturated rings. The number of piperazine rings is 1. The van der Waals surface area contributed by atoms with Crippen molar-refractivity contribution < 1.29 is 0 Å². The molecule has 0 spiro atoms. The third kappa shape index (κ3) is 3.42. The molecule has 0 saturated carbocycles. The predicted octanol–water partition coefficient (Wildman–Crippen LogP) is 2.15. The van der Waals surface area contributed by atoms with Crippen molar-refractivity contribution >= 4 is 11.6 Å². The fourth-order valence-electron chi connectivity index (χ4n) is 2.11. The van der Waals surface area contributed by atoms with Gasteiger partial charge in [0.2, 0.25) is 0 Å². The van der Waals surface area contributed by atoms with E-state index in [4.69, 9.17) is 11.6 Å². The fourth-order valence-corrected chi connectivity index (χ4v) is 2.40. The van der Waals surface area contributed by atoms with E-state index in [2.05, 4.69) is 35.4 Å². The van der Waals surface area contributed by atoms with Gasteiger partial charge >= 0.3 is 0 Å². The van der Waals surface area contributed by atoms with Crippen molar-refractivity contribution in [2.75, 3.05) is 33.2 Å². The molecule has 3 nitrogen and oxygen atoms in total. The van der Waals surface area contributed by atoms with Crippen LogP contribution in [0.5, 0.6) is 0 Å². The molecule has 1 saturated heterocycles. The second-order valence-electron chi connectivity index (χ2n) is 4.66. The average Bonchev–Trinajstić information content (AvgIpc) is 2.32. The Kier molecular flexibility index (Phi) is 4.40. The zero-order chi connectivity index (χ0) is 12.3. The minimum Gasteiger partial charge on any atom is -0.304 e. The molecular weight excluding hydrogens is 234 g/mol. The maximum Gasteiger partial charge on any atom is 0.0454 e. The van der Waals surface area contributed by atoms with Gasteiger partial charge in [0.25, 0.3) is 0 Å². The van der Waals surface area contributed by atoms with Crippen LogP contribution < -0.4 is 5.43 Å². The van der Waals surface area contributed by atoms with Crippen LogP contribution in [0.25, 0.3) is 0 Å². The van der Waals surface area contributed by atoms with E-state index >= 15 is 0 Å². The molecule has 0 bridgehead atoms. The van der Waals surface area contributed by atoms with Crippen molar-refractivity contribution in [2.24, 2.45) is 0 Å². The summed E-state index contributed by atoms with van der Waals surface area (Å²) in [5, 5.41) is 3.12. The summed E-state index contributed by atoms with van der Waals surface area (Å²) in [6.07, 6.45) is 0. The molecule has 0 aliphatic carbocycles. The molecule has 4 heteroatoms. The lowest BCUT2D eigenvalue weighted by Crippen LogP contribution is -2.51. The molecular formula is C13H20ClN3. The maximum atomic E-state index is 6.19. The van der Waals surface area contributed by atoms with Gasteiger partial charge in [0.1, 0.15) is 0 Å². The van der Waals surface area contributed by atoms with Crippen LogP contribution in [0.1, 0.15) is 18.5 Å². The van der Waals surface area contributed by atoms with Crippen molar-refractivity contribution in [3.05, 3.63) is 34.9 Å². The van der Waals surface area contributed by atoms with Gasteiger partial charge in [-0.2, -0.15) is 0 Å². The van der Waals surface area contributed by atoms with E-state index in [1.54, 1.807) is 0 Å². The number of hydrogen-bond acceptors (Lipinski definition) is 3. The van der Waals surface area contributed by atoms with Gasteiger partial charge < -0.3 is 4.90 Å². The Labute approximate surface area is 108 Å². The molecule has 0 radical (unpaired) electrons. The summed E-state index contributed by atoms with van der Waals surface area (Å²) in [4.78, 5) is 2.35. The largest absolute Gasteiger partial charge is 0.304 e. The van der Waals surface area contributed by atoms with Crippen LogP contribution >= 0.6 is 11.6 Å². The number of halogens is 1. The monoisotopic (exact) mass is 253 g/mol. The highest BCUT2D eigenvalue weighted by atomic mass is 35.5. The summed E-state index contributed by atoms with van der Waals surface area (Å²) in [5.41, 5.74) is 4.68. The molecule has 1 aliphatic rings. The standard InChI is InChI=1S/C13H20ClN3/c1-11(12-5-3-4-6-13(12)14)15-17-9-7-16(2)8-10-17/h3-6,11,15H,7-10H2,1-2H3. The Morgan fingerprint density at radius 3 is 2.47 bits per heavy atom. The molecule has 94 valence electrons. The van der Waals surface area contributed by atoms with Gasteiger partial charge in [-0.05, 0) is 25.6 Å². The Morgan fingerprint density at radius 2 is 1.82 bits per heavy atom. The quantitative estimate of drug-likeness (QED) is 0.891. The van der Waals surface area contributed by atoms with Gasteiger partial charge in [0.05, 0.1) is 0 Å². The minimum absolute atomic E-state index is 0.257. The van der Waals surface area contributed by atoms with Gasteiger partial charge in [-0.25, -0.2) is 10.4 Å². The molecule has 1 heterocycles. The van der Waals surface area contributed by atoms with Crippen LogP contribution in [0.2, 0.25) is 5.02 Å². The van der Waals surface area contributed by atoms with Crippen molar-refractivity contribution in [1.29, 1.82) is 0 Å². The van der Waals surface area contributed by atoms with Crippen LogP contribution in [0.4, 0.5) is 0 Å². The normalized spacial score (nSPS) is 20.4. The predicted molar refractivity (Wildman–Crippen MR) is 72.1 cm³/mol.